The summed E-state index contributed by atoms with van der Waals surface area (Å²) in [5.74, 6) is -1.73. The van der Waals surface area contributed by atoms with Gasteiger partial charge in [-0.3, -0.25) is 4.79 Å². The Bertz CT molecular complexity index is 936. The van der Waals surface area contributed by atoms with Crippen molar-refractivity contribution in [1.82, 2.24) is 0 Å². The van der Waals surface area contributed by atoms with Crippen LogP contribution in [0.1, 0.15) is 71.6 Å². The molecule has 1 heterocycles. The number of carboxylic acids is 1. The molecule has 1 saturated heterocycles. The third-order valence-corrected chi connectivity index (χ3v) is 10.7. The highest BCUT2D eigenvalue weighted by Gasteiger charge is 2.68. The summed E-state index contributed by atoms with van der Waals surface area (Å²) in [7, 11) is 0. The highest BCUT2D eigenvalue weighted by molar-refractivity contribution is 5.77. The summed E-state index contributed by atoms with van der Waals surface area (Å²) in [5.41, 5.74) is -0.827. The molecule has 1 aliphatic heterocycles. The quantitative estimate of drug-likeness (QED) is 0.290. The molecule has 0 radical (unpaired) electrons. The van der Waals surface area contributed by atoms with Crippen LogP contribution in [0.4, 0.5) is 0 Å². The molecule has 1 spiro atoms. The van der Waals surface area contributed by atoms with E-state index in [9.17, 15) is 35.1 Å². The van der Waals surface area contributed by atoms with Crippen LogP contribution in [0.5, 0.6) is 0 Å². The summed E-state index contributed by atoms with van der Waals surface area (Å²) >= 11 is 0. The minimum atomic E-state index is -1.84. The van der Waals surface area contributed by atoms with E-state index in [-0.39, 0.29) is 16.7 Å². The molecule has 5 aliphatic rings. The van der Waals surface area contributed by atoms with E-state index in [0.29, 0.717) is 18.8 Å². The molecule has 9 heteroatoms. The fourth-order valence-electron chi connectivity index (χ4n) is 8.98. The predicted molar refractivity (Wildman–Crippen MR) is 122 cm³/mol. The number of carboxylic acid groups (broad SMARTS) is 1. The van der Waals surface area contributed by atoms with Gasteiger partial charge in [-0.05, 0) is 86.5 Å². The van der Waals surface area contributed by atoms with Gasteiger partial charge in [-0.2, -0.15) is 0 Å². The van der Waals surface area contributed by atoms with Crippen LogP contribution in [-0.4, -0.2) is 73.8 Å². The highest BCUT2D eigenvalue weighted by Crippen LogP contribution is 2.73. The molecule has 9 nitrogen and oxygen atoms in total. The lowest BCUT2D eigenvalue weighted by Crippen LogP contribution is -2.62. The van der Waals surface area contributed by atoms with Crippen molar-refractivity contribution in [2.45, 2.75) is 108 Å². The van der Waals surface area contributed by atoms with Crippen molar-refractivity contribution < 1.29 is 44.6 Å². The zero-order valence-corrected chi connectivity index (χ0v) is 20.5. The van der Waals surface area contributed by atoms with Gasteiger partial charge in [0.2, 0.25) is 6.29 Å². The van der Waals surface area contributed by atoms with Gasteiger partial charge in [0.05, 0.1) is 11.0 Å². The first-order chi connectivity index (χ1) is 16.3. The van der Waals surface area contributed by atoms with Crippen LogP contribution in [0.2, 0.25) is 0 Å². The van der Waals surface area contributed by atoms with E-state index in [4.69, 9.17) is 9.47 Å². The van der Waals surface area contributed by atoms with Crippen molar-refractivity contribution >= 4 is 11.9 Å². The van der Waals surface area contributed by atoms with Crippen LogP contribution in [0.25, 0.3) is 0 Å². The molecule has 0 aromatic heterocycles. The van der Waals surface area contributed by atoms with Crippen molar-refractivity contribution in [3.8, 4) is 0 Å². The molecule has 5 rings (SSSR count). The first kappa shape index (κ1) is 25.1. The summed E-state index contributed by atoms with van der Waals surface area (Å²) in [5, 5.41) is 50.8. The Balaban J connectivity index is 1.39. The maximum atomic E-state index is 13.7. The minimum Gasteiger partial charge on any atom is -0.479 e. The molecule has 0 unspecified atom stereocenters. The smallest absolute Gasteiger partial charge is 0.335 e. The zero-order valence-electron chi connectivity index (χ0n) is 20.5. The largest absolute Gasteiger partial charge is 0.479 e. The van der Waals surface area contributed by atoms with Crippen LogP contribution in [-0.2, 0) is 19.1 Å². The Morgan fingerprint density at radius 3 is 2.37 bits per heavy atom. The van der Waals surface area contributed by atoms with Crippen molar-refractivity contribution in [3.05, 3.63) is 12.2 Å². The van der Waals surface area contributed by atoms with E-state index in [1.54, 1.807) is 0 Å². The Morgan fingerprint density at radius 2 is 1.69 bits per heavy atom. The summed E-state index contributed by atoms with van der Waals surface area (Å²) in [4.78, 5) is 25.1. The molecule has 35 heavy (non-hydrogen) atoms. The van der Waals surface area contributed by atoms with E-state index < -0.39 is 53.7 Å². The maximum absolute atomic E-state index is 13.7. The SMILES string of the molecule is C=C1C[C@]23CC[C@@H]4[C@](C)(CCC[C@@]4(C)C(=O)O[C@@H]4O[C@H](C(=O)O)[C@@H](O)[C@H](O)[C@H]4O)[C@H]2CC[C@@]1(O)C3. The first-order valence-electron chi connectivity index (χ1n) is 12.8. The van der Waals surface area contributed by atoms with Gasteiger partial charge >= 0.3 is 11.9 Å². The van der Waals surface area contributed by atoms with E-state index in [1.165, 1.54) is 0 Å². The fraction of sp³-hybridized carbons (Fsp3) is 0.846. The topological polar surface area (TPSA) is 154 Å². The number of hydrogen-bond donors (Lipinski definition) is 5. The van der Waals surface area contributed by atoms with Crippen LogP contribution in [0.15, 0.2) is 12.2 Å². The first-order valence-corrected chi connectivity index (χ1v) is 12.8. The number of hydrogen-bond acceptors (Lipinski definition) is 8. The van der Waals surface area contributed by atoms with Crippen molar-refractivity contribution in [3.63, 3.8) is 0 Å². The standard InChI is InChI=1S/C26H38O9/c1-13-11-25-9-5-14-23(2,15(25)6-10-26(13,33)12-25)7-4-8-24(14,3)22(32)35-21-18(29)16(27)17(28)19(34-21)20(30)31/h14-19,21,27-29,33H,1,4-12H2,2-3H3,(H,30,31)/t14-,15-,16+,17+,18-,19+,21+,23+,24-,25+,26-/m1/s1. The van der Waals surface area contributed by atoms with Gasteiger partial charge in [-0.15, -0.1) is 0 Å². The third kappa shape index (κ3) is 3.45. The van der Waals surface area contributed by atoms with Crippen LogP contribution in [0.3, 0.4) is 0 Å². The molecule has 0 aromatic carbocycles. The van der Waals surface area contributed by atoms with Gasteiger partial charge in [0.15, 0.2) is 6.10 Å². The van der Waals surface area contributed by atoms with Crippen LogP contribution >= 0.6 is 0 Å². The lowest BCUT2D eigenvalue weighted by Gasteiger charge is -2.63. The number of carbonyl (C=O) groups excluding carboxylic acids is 1. The summed E-state index contributed by atoms with van der Waals surface area (Å²) < 4.78 is 10.8. The number of ether oxygens (including phenoxy) is 2. The monoisotopic (exact) mass is 494 g/mol. The number of esters is 1. The van der Waals surface area contributed by atoms with Gasteiger partial charge in [0.1, 0.15) is 18.3 Å². The maximum Gasteiger partial charge on any atom is 0.335 e. The van der Waals surface area contributed by atoms with Crippen LogP contribution in [0, 0.1) is 28.1 Å². The normalized spacial score (nSPS) is 53.4. The van der Waals surface area contributed by atoms with E-state index >= 15 is 0 Å². The number of rotatable bonds is 3. The molecule has 196 valence electrons. The molecule has 0 amide bonds. The lowest BCUT2D eigenvalue weighted by atomic mass is 9.41. The van der Waals surface area contributed by atoms with Gasteiger partial charge in [0, 0.05) is 0 Å². The van der Waals surface area contributed by atoms with Gasteiger partial charge < -0.3 is 35.0 Å². The number of aliphatic carboxylic acids is 1. The average molecular weight is 495 g/mol. The Labute approximate surface area is 205 Å². The molecule has 11 atom stereocenters. The molecule has 4 saturated carbocycles. The Hall–Kier alpha value is -1.52. The molecule has 5 N–H and O–H groups in total. The van der Waals surface area contributed by atoms with Crippen molar-refractivity contribution in [2.75, 3.05) is 0 Å². The fourth-order valence-corrected chi connectivity index (χ4v) is 8.98. The van der Waals surface area contributed by atoms with Gasteiger partial charge in [-0.25, -0.2) is 4.79 Å². The molecular formula is C26H38O9. The Morgan fingerprint density at radius 1 is 1.00 bits per heavy atom. The van der Waals surface area contributed by atoms with E-state index in [0.717, 1.165) is 50.5 Å². The molecule has 2 bridgehead atoms. The molecular weight excluding hydrogens is 456 g/mol. The second kappa shape index (κ2) is 7.99. The summed E-state index contributed by atoms with van der Waals surface area (Å²) in [6.07, 6.45) is -1.68. The third-order valence-electron chi connectivity index (χ3n) is 10.7. The Kier molecular flexibility index (Phi) is 5.74. The van der Waals surface area contributed by atoms with Crippen LogP contribution < -0.4 is 0 Å². The van der Waals surface area contributed by atoms with E-state index in [2.05, 4.69) is 13.5 Å². The van der Waals surface area contributed by atoms with Gasteiger partial charge in [-0.1, -0.05) is 19.9 Å². The lowest BCUT2D eigenvalue weighted by molar-refractivity contribution is -0.292. The molecule has 5 fully saturated rings. The highest BCUT2D eigenvalue weighted by atomic mass is 16.7. The second-order valence-electron chi connectivity index (χ2n) is 12.5. The summed E-state index contributed by atoms with van der Waals surface area (Å²) in [6, 6.07) is 0. The predicted octanol–water partition coefficient (Wildman–Crippen LogP) is 1.51. The van der Waals surface area contributed by atoms with Gasteiger partial charge in [0.25, 0.3) is 0 Å². The number of fused-ring (bicyclic) bond motifs is 3. The average Bonchev–Trinajstić information content (AvgIpc) is 2.96. The number of carbonyl (C=O) groups is 2. The van der Waals surface area contributed by atoms with Crippen molar-refractivity contribution in [1.29, 1.82) is 0 Å². The summed E-state index contributed by atoms with van der Waals surface area (Å²) in [6.45, 7) is 8.35. The minimum absolute atomic E-state index is 0.00905. The van der Waals surface area contributed by atoms with Crippen molar-refractivity contribution in [2.24, 2.45) is 28.1 Å². The number of aliphatic hydroxyl groups excluding tert-OH is 3. The number of aliphatic hydroxyl groups is 4. The molecule has 4 aliphatic carbocycles. The zero-order chi connectivity index (χ0) is 25.6. The molecule has 0 aromatic rings. The van der Waals surface area contributed by atoms with E-state index in [1.807, 2.05) is 6.92 Å². The second-order valence-corrected chi connectivity index (χ2v) is 12.5.